The number of aromatic nitrogens is 4. The molecule has 7 heteroatoms. The lowest BCUT2D eigenvalue weighted by molar-refractivity contribution is 0.218. The van der Waals surface area contributed by atoms with E-state index >= 15 is 0 Å². The molecule has 7 nitrogen and oxygen atoms in total. The summed E-state index contributed by atoms with van der Waals surface area (Å²) in [5.74, 6) is 0.334. The van der Waals surface area contributed by atoms with Gasteiger partial charge in [0.1, 0.15) is 11.8 Å². The van der Waals surface area contributed by atoms with Crippen LogP contribution in [0.3, 0.4) is 0 Å². The zero-order valence-corrected chi connectivity index (χ0v) is 9.32. The van der Waals surface area contributed by atoms with Crippen LogP contribution in [0.2, 0.25) is 0 Å². The summed E-state index contributed by atoms with van der Waals surface area (Å²) in [6.45, 7) is 0.0931. The molecule has 0 aliphatic carbocycles. The smallest absolute Gasteiger partial charge is 0.165 e. The summed E-state index contributed by atoms with van der Waals surface area (Å²) >= 11 is 0. The summed E-state index contributed by atoms with van der Waals surface area (Å²) in [5, 5.41) is 18.0. The molecule has 4 N–H and O–H groups in total. The Morgan fingerprint density at radius 1 is 1.18 bits per heavy atom. The van der Waals surface area contributed by atoms with E-state index in [4.69, 9.17) is 15.9 Å². The van der Waals surface area contributed by atoms with Gasteiger partial charge < -0.3 is 20.5 Å². The molecule has 2 heterocycles. The van der Waals surface area contributed by atoms with Crippen molar-refractivity contribution in [1.29, 1.82) is 0 Å². The van der Waals surface area contributed by atoms with Gasteiger partial charge in [0, 0.05) is 19.3 Å². The third-order valence-electron chi connectivity index (χ3n) is 2.71. The zero-order chi connectivity index (χ0) is 12.3. The Bertz CT molecular complexity index is 492. The van der Waals surface area contributed by atoms with Gasteiger partial charge in [-0.3, -0.25) is 0 Å². The molecule has 2 rings (SSSR count). The normalized spacial score (nSPS) is 11.5. The van der Waals surface area contributed by atoms with Gasteiger partial charge in [-0.15, -0.1) is 0 Å². The zero-order valence-electron chi connectivity index (χ0n) is 9.32. The number of aliphatic hydroxyl groups excluding tert-OH is 2. The van der Waals surface area contributed by atoms with E-state index in [1.54, 1.807) is 6.33 Å². The molecular weight excluding hydrogens is 222 g/mol. The largest absolute Gasteiger partial charge is 0.396 e. The van der Waals surface area contributed by atoms with E-state index in [-0.39, 0.29) is 19.3 Å². The topological polar surface area (TPSA) is 110 Å². The molecule has 0 aromatic carbocycles. The maximum atomic E-state index is 9.02. The summed E-state index contributed by atoms with van der Waals surface area (Å²) in [7, 11) is 0. The lowest BCUT2D eigenvalue weighted by atomic mass is 10.1. The highest BCUT2D eigenvalue weighted by molar-refractivity contribution is 5.81. The highest BCUT2D eigenvalue weighted by Gasteiger charge is 2.15. The van der Waals surface area contributed by atoms with Gasteiger partial charge in [-0.1, -0.05) is 0 Å². The number of nitrogens with zero attached hydrogens (tertiary/aromatic N) is 4. The van der Waals surface area contributed by atoms with E-state index in [0.717, 1.165) is 0 Å². The Morgan fingerprint density at radius 3 is 2.53 bits per heavy atom. The Morgan fingerprint density at radius 2 is 1.88 bits per heavy atom. The lowest BCUT2D eigenvalue weighted by Crippen LogP contribution is -2.12. The minimum atomic E-state index is -0.0377. The van der Waals surface area contributed by atoms with Crippen molar-refractivity contribution < 1.29 is 10.2 Å². The second-order valence-corrected chi connectivity index (χ2v) is 3.76. The number of hydrogen-bond donors (Lipinski definition) is 3. The maximum absolute atomic E-state index is 9.02. The Kier molecular flexibility index (Phi) is 3.50. The Labute approximate surface area is 97.9 Å². The van der Waals surface area contributed by atoms with Crippen molar-refractivity contribution in [1.82, 2.24) is 19.5 Å². The molecule has 0 radical (unpaired) electrons. The molecule has 2 aromatic rings. The van der Waals surface area contributed by atoms with Crippen LogP contribution in [-0.4, -0.2) is 42.9 Å². The van der Waals surface area contributed by atoms with Crippen LogP contribution >= 0.6 is 0 Å². The second-order valence-electron chi connectivity index (χ2n) is 3.76. The highest BCUT2D eigenvalue weighted by atomic mass is 16.3. The van der Waals surface area contributed by atoms with Gasteiger partial charge in [-0.2, -0.15) is 0 Å². The van der Waals surface area contributed by atoms with Gasteiger partial charge in [0.25, 0.3) is 0 Å². The number of nitrogen functional groups attached to an aromatic ring is 1. The quantitative estimate of drug-likeness (QED) is 0.659. The molecule has 0 fully saturated rings. The summed E-state index contributed by atoms with van der Waals surface area (Å²) < 4.78 is 1.82. The SMILES string of the molecule is Nc1ncnc2c1ncn2C(CCO)CCO. The number of rotatable bonds is 5. The van der Waals surface area contributed by atoms with Gasteiger partial charge in [-0.05, 0) is 12.8 Å². The number of fused-ring (bicyclic) bond motifs is 1. The molecule has 2 aromatic heterocycles. The fourth-order valence-electron chi connectivity index (χ4n) is 1.86. The molecule has 0 bridgehead atoms. The van der Waals surface area contributed by atoms with Crippen molar-refractivity contribution in [2.75, 3.05) is 18.9 Å². The predicted molar refractivity (Wildman–Crippen MR) is 62.2 cm³/mol. The average Bonchev–Trinajstić information content (AvgIpc) is 2.74. The van der Waals surface area contributed by atoms with Crippen LogP contribution in [0.5, 0.6) is 0 Å². The van der Waals surface area contributed by atoms with Gasteiger partial charge >= 0.3 is 0 Å². The molecule has 0 aliphatic rings. The number of anilines is 1. The van der Waals surface area contributed by atoms with Gasteiger partial charge in [-0.25, -0.2) is 15.0 Å². The van der Waals surface area contributed by atoms with Gasteiger partial charge in [0.05, 0.1) is 6.33 Å². The van der Waals surface area contributed by atoms with E-state index in [2.05, 4.69) is 15.0 Å². The molecule has 0 atom stereocenters. The number of hydrogen-bond acceptors (Lipinski definition) is 6. The summed E-state index contributed by atoms with van der Waals surface area (Å²) in [5.41, 5.74) is 6.87. The van der Waals surface area contributed by atoms with E-state index in [1.165, 1.54) is 6.33 Å². The van der Waals surface area contributed by atoms with Crippen molar-refractivity contribution in [2.45, 2.75) is 18.9 Å². The lowest BCUT2D eigenvalue weighted by Gasteiger charge is -2.16. The van der Waals surface area contributed by atoms with Crippen LogP contribution in [0, 0.1) is 0 Å². The minimum absolute atomic E-state index is 0.0377. The molecule has 0 aliphatic heterocycles. The van der Waals surface area contributed by atoms with E-state index < -0.39 is 0 Å². The monoisotopic (exact) mass is 237 g/mol. The average molecular weight is 237 g/mol. The highest BCUT2D eigenvalue weighted by Crippen LogP contribution is 2.22. The summed E-state index contributed by atoms with van der Waals surface area (Å²) in [4.78, 5) is 12.2. The van der Waals surface area contributed by atoms with Crippen LogP contribution in [-0.2, 0) is 0 Å². The van der Waals surface area contributed by atoms with Crippen LogP contribution in [0.25, 0.3) is 11.2 Å². The second kappa shape index (κ2) is 5.07. The first-order chi connectivity index (χ1) is 8.27. The molecule has 0 unspecified atom stereocenters. The third-order valence-corrected chi connectivity index (χ3v) is 2.71. The van der Waals surface area contributed by atoms with Crippen molar-refractivity contribution in [3.05, 3.63) is 12.7 Å². The molecule has 17 heavy (non-hydrogen) atoms. The number of nitrogens with two attached hydrogens (primary N) is 1. The van der Waals surface area contributed by atoms with E-state index in [1.807, 2.05) is 4.57 Å². The van der Waals surface area contributed by atoms with Crippen LogP contribution < -0.4 is 5.73 Å². The molecule has 0 spiro atoms. The first-order valence-corrected chi connectivity index (χ1v) is 5.42. The van der Waals surface area contributed by atoms with Crippen molar-refractivity contribution in [2.24, 2.45) is 0 Å². The summed E-state index contributed by atoms with van der Waals surface area (Å²) in [6, 6.07) is -0.0377. The number of aliphatic hydroxyl groups is 2. The van der Waals surface area contributed by atoms with Crippen LogP contribution in [0.4, 0.5) is 5.82 Å². The summed E-state index contributed by atoms with van der Waals surface area (Å²) in [6.07, 6.45) is 4.07. The predicted octanol–water partition coefficient (Wildman–Crippen LogP) is -0.286. The minimum Gasteiger partial charge on any atom is -0.396 e. The molecular formula is C10H15N5O2. The van der Waals surface area contributed by atoms with Crippen molar-refractivity contribution in [3.8, 4) is 0 Å². The molecule has 0 amide bonds. The molecule has 92 valence electrons. The van der Waals surface area contributed by atoms with Crippen LogP contribution in [0.1, 0.15) is 18.9 Å². The van der Waals surface area contributed by atoms with Crippen molar-refractivity contribution >= 4 is 17.0 Å². The van der Waals surface area contributed by atoms with Crippen LogP contribution in [0.15, 0.2) is 12.7 Å². The van der Waals surface area contributed by atoms with E-state index in [0.29, 0.717) is 29.8 Å². The fraction of sp³-hybridized carbons (Fsp3) is 0.500. The fourth-order valence-corrected chi connectivity index (χ4v) is 1.86. The Balaban J connectivity index is 2.42. The molecule has 0 saturated carbocycles. The van der Waals surface area contributed by atoms with E-state index in [9.17, 15) is 0 Å². The maximum Gasteiger partial charge on any atom is 0.165 e. The first kappa shape index (κ1) is 11.7. The third kappa shape index (κ3) is 2.20. The first-order valence-electron chi connectivity index (χ1n) is 5.42. The standard InChI is InChI=1S/C10H15N5O2/c11-9-8-10(13-5-12-9)15(6-14-8)7(1-3-16)2-4-17/h5-7,16-17H,1-4H2,(H2,11,12,13). The van der Waals surface area contributed by atoms with Crippen molar-refractivity contribution in [3.63, 3.8) is 0 Å². The molecule has 0 saturated heterocycles. The van der Waals surface area contributed by atoms with Gasteiger partial charge in [0.2, 0.25) is 0 Å². The number of imidazole rings is 1. The Hall–Kier alpha value is -1.73. The van der Waals surface area contributed by atoms with Gasteiger partial charge in [0.15, 0.2) is 11.5 Å².